The van der Waals surface area contributed by atoms with Gasteiger partial charge < -0.3 is 5.32 Å². The van der Waals surface area contributed by atoms with Gasteiger partial charge in [0.15, 0.2) is 0 Å². The van der Waals surface area contributed by atoms with E-state index in [4.69, 9.17) is 12.2 Å². The molecule has 0 bridgehead atoms. The zero-order valence-electron chi connectivity index (χ0n) is 8.20. The van der Waals surface area contributed by atoms with Crippen LogP contribution < -0.4 is 5.32 Å². The quantitative estimate of drug-likeness (QED) is 0.745. The molecule has 0 amide bonds. The lowest BCUT2D eigenvalue weighted by Crippen LogP contribution is -2.35. The van der Waals surface area contributed by atoms with E-state index in [2.05, 4.69) is 35.6 Å². The van der Waals surface area contributed by atoms with Gasteiger partial charge in [-0.3, -0.25) is 0 Å². The van der Waals surface area contributed by atoms with Gasteiger partial charge in [0, 0.05) is 12.5 Å². The Hall–Kier alpha value is -0.890. The van der Waals surface area contributed by atoms with Gasteiger partial charge in [0.2, 0.25) is 0 Å². The monoisotopic (exact) mass is 205 g/mol. The Balaban J connectivity index is 2.00. The first-order chi connectivity index (χ1) is 6.86. The highest BCUT2D eigenvalue weighted by molar-refractivity contribution is 7.80. The predicted octanol–water partition coefficient (Wildman–Crippen LogP) is 2.56. The average molecular weight is 205 g/mol. The first-order valence-corrected chi connectivity index (χ1v) is 5.59. The first kappa shape index (κ1) is 9.66. The van der Waals surface area contributed by atoms with Crippen LogP contribution in [0.3, 0.4) is 0 Å². The van der Waals surface area contributed by atoms with Crippen LogP contribution in [0.4, 0.5) is 0 Å². The van der Waals surface area contributed by atoms with Gasteiger partial charge in [0.25, 0.3) is 0 Å². The molecule has 2 heteroatoms. The van der Waals surface area contributed by atoms with Crippen molar-refractivity contribution in [1.82, 2.24) is 5.32 Å². The third kappa shape index (κ3) is 2.32. The summed E-state index contributed by atoms with van der Waals surface area (Å²) < 4.78 is 0. The number of hydrogen-bond donors (Lipinski definition) is 1. The number of piperidine rings is 1. The molecule has 0 aromatic heterocycles. The van der Waals surface area contributed by atoms with Crippen molar-refractivity contribution >= 4 is 17.2 Å². The van der Waals surface area contributed by atoms with Crippen LogP contribution >= 0.6 is 12.2 Å². The molecule has 0 radical (unpaired) electrons. The van der Waals surface area contributed by atoms with Crippen molar-refractivity contribution in [3.8, 4) is 0 Å². The first-order valence-electron chi connectivity index (χ1n) is 5.18. The minimum absolute atomic E-state index is 0.557. The summed E-state index contributed by atoms with van der Waals surface area (Å²) in [5, 5.41) is 3.28. The van der Waals surface area contributed by atoms with Crippen LogP contribution in [0.1, 0.15) is 18.4 Å². The van der Waals surface area contributed by atoms with Crippen LogP contribution in [0.25, 0.3) is 0 Å². The maximum Gasteiger partial charge on any atom is 0.0788 e. The fourth-order valence-corrected chi connectivity index (χ4v) is 2.23. The summed E-state index contributed by atoms with van der Waals surface area (Å²) in [6.45, 7) is 1.06. The maximum absolute atomic E-state index is 5.32. The highest BCUT2D eigenvalue weighted by Crippen LogP contribution is 2.18. The Labute approximate surface area is 90.5 Å². The van der Waals surface area contributed by atoms with E-state index in [0.717, 1.165) is 18.0 Å². The SMILES string of the molecule is S=C1NCCCC1Cc1ccccc1. The van der Waals surface area contributed by atoms with Gasteiger partial charge in [0.1, 0.15) is 0 Å². The van der Waals surface area contributed by atoms with Gasteiger partial charge in [-0.15, -0.1) is 0 Å². The number of nitrogens with one attached hydrogen (secondary N) is 1. The lowest BCUT2D eigenvalue weighted by molar-refractivity contribution is 0.533. The molecule has 1 heterocycles. The van der Waals surface area contributed by atoms with E-state index in [1.165, 1.54) is 18.4 Å². The van der Waals surface area contributed by atoms with Gasteiger partial charge in [-0.2, -0.15) is 0 Å². The van der Waals surface area contributed by atoms with Gasteiger partial charge in [-0.1, -0.05) is 42.5 Å². The van der Waals surface area contributed by atoms with Crippen LogP contribution in [-0.4, -0.2) is 11.5 Å². The highest BCUT2D eigenvalue weighted by Gasteiger charge is 2.18. The van der Waals surface area contributed by atoms with E-state index in [-0.39, 0.29) is 0 Å². The van der Waals surface area contributed by atoms with Crippen molar-refractivity contribution < 1.29 is 0 Å². The molecule has 1 aliphatic rings. The second-order valence-corrected chi connectivity index (χ2v) is 4.26. The second-order valence-electron chi connectivity index (χ2n) is 3.82. The molecule has 1 fully saturated rings. The Kier molecular flexibility index (Phi) is 3.14. The third-order valence-corrected chi connectivity index (χ3v) is 3.20. The molecule has 1 aromatic carbocycles. The number of benzene rings is 1. The molecule has 1 saturated heterocycles. The summed E-state index contributed by atoms with van der Waals surface area (Å²) in [7, 11) is 0. The number of rotatable bonds is 2. The molecule has 0 aliphatic carbocycles. The van der Waals surface area contributed by atoms with Crippen molar-refractivity contribution in [3.63, 3.8) is 0 Å². The summed E-state index contributed by atoms with van der Waals surface area (Å²) in [5.74, 6) is 0.557. The van der Waals surface area contributed by atoms with Gasteiger partial charge in [-0.05, 0) is 24.8 Å². The molecule has 1 aliphatic heterocycles. The van der Waals surface area contributed by atoms with Crippen molar-refractivity contribution in [2.24, 2.45) is 5.92 Å². The number of hydrogen-bond acceptors (Lipinski definition) is 1. The third-order valence-electron chi connectivity index (χ3n) is 2.72. The van der Waals surface area contributed by atoms with Crippen molar-refractivity contribution in [2.75, 3.05) is 6.54 Å². The summed E-state index contributed by atoms with van der Waals surface area (Å²) in [6, 6.07) is 10.6. The molecule has 0 spiro atoms. The molecule has 74 valence electrons. The Morgan fingerprint density at radius 2 is 2.07 bits per heavy atom. The normalized spacial score (nSPS) is 21.7. The van der Waals surface area contributed by atoms with Crippen molar-refractivity contribution in [3.05, 3.63) is 35.9 Å². The van der Waals surface area contributed by atoms with E-state index < -0.39 is 0 Å². The molecule has 0 saturated carbocycles. The van der Waals surface area contributed by atoms with E-state index >= 15 is 0 Å². The molecular formula is C12H15NS. The predicted molar refractivity (Wildman–Crippen MR) is 63.5 cm³/mol. The molecule has 1 atom stereocenters. The molecule has 1 aromatic rings. The van der Waals surface area contributed by atoms with E-state index in [9.17, 15) is 0 Å². The van der Waals surface area contributed by atoms with Gasteiger partial charge >= 0.3 is 0 Å². The summed E-state index contributed by atoms with van der Waals surface area (Å²) in [4.78, 5) is 1.06. The van der Waals surface area contributed by atoms with Crippen LogP contribution in [0.15, 0.2) is 30.3 Å². The lowest BCUT2D eigenvalue weighted by Gasteiger charge is -2.24. The molecule has 2 rings (SSSR count). The maximum atomic E-state index is 5.32. The second kappa shape index (κ2) is 4.56. The molecule has 1 nitrogen and oxygen atoms in total. The van der Waals surface area contributed by atoms with E-state index in [1.54, 1.807) is 0 Å². The minimum atomic E-state index is 0.557. The number of thiocarbonyl (C=S) groups is 1. The fraction of sp³-hybridized carbons (Fsp3) is 0.417. The van der Waals surface area contributed by atoms with Crippen LogP contribution in [0, 0.1) is 5.92 Å². The Bertz CT molecular complexity index is 307. The molecular weight excluding hydrogens is 190 g/mol. The van der Waals surface area contributed by atoms with E-state index in [1.807, 2.05) is 0 Å². The van der Waals surface area contributed by atoms with Crippen LogP contribution in [0.5, 0.6) is 0 Å². The van der Waals surface area contributed by atoms with Gasteiger partial charge in [0.05, 0.1) is 4.99 Å². The standard InChI is InChI=1S/C12H15NS/c14-12-11(7-4-8-13-12)9-10-5-2-1-3-6-10/h1-3,5-6,11H,4,7-9H2,(H,13,14). The molecule has 1 unspecified atom stereocenters. The molecule has 1 N–H and O–H groups in total. The van der Waals surface area contributed by atoms with Gasteiger partial charge in [-0.25, -0.2) is 0 Å². The fourth-order valence-electron chi connectivity index (χ4n) is 1.93. The summed E-state index contributed by atoms with van der Waals surface area (Å²) in [6.07, 6.45) is 3.57. The topological polar surface area (TPSA) is 12.0 Å². The average Bonchev–Trinajstić information content (AvgIpc) is 2.23. The highest BCUT2D eigenvalue weighted by atomic mass is 32.1. The summed E-state index contributed by atoms with van der Waals surface area (Å²) >= 11 is 5.32. The zero-order chi connectivity index (χ0) is 9.80. The lowest BCUT2D eigenvalue weighted by atomic mass is 9.92. The van der Waals surface area contributed by atoms with Crippen LogP contribution in [0.2, 0.25) is 0 Å². The Morgan fingerprint density at radius 3 is 2.79 bits per heavy atom. The minimum Gasteiger partial charge on any atom is -0.379 e. The molecule has 14 heavy (non-hydrogen) atoms. The van der Waals surface area contributed by atoms with Crippen molar-refractivity contribution in [1.29, 1.82) is 0 Å². The largest absolute Gasteiger partial charge is 0.379 e. The summed E-state index contributed by atoms with van der Waals surface area (Å²) in [5.41, 5.74) is 1.39. The van der Waals surface area contributed by atoms with E-state index in [0.29, 0.717) is 5.92 Å². The smallest absolute Gasteiger partial charge is 0.0788 e. The van der Waals surface area contributed by atoms with Crippen LogP contribution in [-0.2, 0) is 6.42 Å². The van der Waals surface area contributed by atoms with Crippen molar-refractivity contribution in [2.45, 2.75) is 19.3 Å². The Morgan fingerprint density at radius 1 is 1.29 bits per heavy atom. The zero-order valence-corrected chi connectivity index (χ0v) is 9.02.